The van der Waals surface area contributed by atoms with Crippen LogP contribution in [-0.2, 0) is 11.3 Å². The number of ether oxygens (including phenoxy) is 3. The number of carbonyl (C=O) groups is 1. The molecule has 0 saturated carbocycles. The number of esters is 1. The first-order chi connectivity index (χ1) is 12.6. The Morgan fingerprint density at radius 1 is 1.19 bits per heavy atom. The average molecular weight is 372 g/mol. The Hall–Kier alpha value is -3.13. The molecular formula is C18H16N2O5S. The lowest BCUT2D eigenvalue weighted by Crippen LogP contribution is -2.34. The van der Waals surface area contributed by atoms with Crippen LogP contribution in [0.5, 0.6) is 11.5 Å². The van der Waals surface area contributed by atoms with E-state index in [0.29, 0.717) is 21.9 Å². The van der Waals surface area contributed by atoms with Crippen molar-refractivity contribution < 1.29 is 23.7 Å². The quantitative estimate of drug-likeness (QED) is 0.376. The highest BCUT2D eigenvalue weighted by atomic mass is 32.1. The number of hydrogen-bond acceptors (Lipinski definition) is 7. The van der Waals surface area contributed by atoms with Gasteiger partial charge in [0.2, 0.25) is 0 Å². The lowest BCUT2D eigenvalue weighted by atomic mass is 10.2. The zero-order valence-corrected chi connectivity index (χ0v) is 15.0. The standard InChI is InChI=1S/C18H16N2O5S/c1-23-15-7-6-12(9-16(15)24-2)17-19-13(11-26-17)10-25-18(21)14-5-3-4-8-20(14)22/h3-9,11H,10H2,1-2H3. The highest BCUT2D eigenvalue weighted by Crippen LogP contribution is 2.33. The Morgan fingerprint density at radius 2 is 2.00 bits per heavy atom. The smallest absolute Gasteiger partial charge is 0.405 e. The molecule has 0 bridgehead atoms. The van der Waals surface area contributed by atoms with Crippen molar-refractivity contribution in [2.45, 2.75) is 6.61 Å². The summed E-state index contributed by atoms with van der Waals surface area (Å²) in [6.45, 7) is -0.0164. The zero-order chi connectivity index (χ0) is 18.5. The van der Waals surface area contributed by atoms with Crippen molar-refractivity contribution in [1.29, 1.82) is 0 Å². The van der Waals surface area contributed by atoms with Crippen LogP contribution in [0.3, 0.4) is 0 Å². The first-order valence-corrected chi connectivity index (χ1v) is 8.52. The molecule has 0 fully saturated rings. The molecule has 0 saturated heterocycles. The second kappa shape index (κ2) is 7.83. The van der Waals surface area contributed by atoms with Crippen LogP contribution >= 0.6 is 11.3 Å². The maximum absolute atomic E-state index is 12.0. The van der Waals surface area contributed by atoms with Crippen molar-refractivity contribution in [2.75, 3.05) is 14.2 Å². The van der Waals surface area contributed by atoms with Crippen LogP contribution in [0.15, 0.2) is 48.0 Å². The maximum atomic E-state index is 12.0. The Kier molecular flexibility index (Phi) is 5.33. The van der Waals surface area contributed by atoms with Crippen LogP contribution in [0.2, 0.25) is 0 Å². The highest BCUT2D eigenvalue weighted by molar-refractivity contribution is 7.13. The molecule has 0 aliphatic carbocycles. The molecule has 1 aromatic carbocycles. The summed E-state index contributed by atoms with van der Waals surface area (Å²) in [4.78, 5) is 16.4. The van der Waals surface area contributed by atoms with Crippen LogP contribution in [0, 0.1) is 5.21 Å². The Bertz CT molecular complexity index is 925. The van der Waals surface area contributed by atoms with Crippen molar-refractivity contribution in [3.8, 4) is 22.1 Å². The molecule has 0 amide bonds. The molecule has 7 nitrogen and oxygen atoms in total. The van der Waals surface area contributed by atoms with Gasteiger partial charge in [-0.3, -0.25) is 0 Å². The third kappa shape index (κ3) is 3.75. The molecule has 0 unspecified atom stereocenters. The number of carbonyl (C=O) groups excluding carboxylic acids is 1. The maximum Gasteiger partial charge on any atom is 0.405 e. The predicted molar refractivity (Wildman–Crippen MR) is 95.2 cm³/mol. The molecule has 0 aliphatic heterocycles. The van der Waals surface area contributed by atoms with E-state index in [1.165, 1.54) is 23.6 Å². The number of thiazole rings is 1. The molecule has 3 aromatic rings. The lowest BCUT2D eigenvalue weighted by Gasteiger charge is -2.08. The fraction of sp³-hybridized carbons (Fsp3) is 0.167. The summed E-state index contributed by atoms with van der Waals surface area (Å²) < 4.78 is 16.2. The number of rotatable bonds is 6. The number of nitrogens with zero attached hydrogens (tertiary/aromatic N) is 2. The van der Waals surface area contributed by atoms with Crippen molar-refractivity contribution in [1.82, 2.24) is 4.98 Å². The summed E-state index contributed by atoms with van der Waals surface area (Å²) in [7, 11) is 3.14. The molecule has 2 heterocycles. The lowest BCUT2D eigenvalue weighted by molar-refractivity contribution is -0.608. The largest absolute Gasteiger partial charge is 0.618 e. The van der Waals surface area contributed by atoms with Gasteiger partial charge in [-0.15, -0.1) is 11.3 Å². The van der Waals surface area contributed by atoms with Crippen LogP contribution in [0.25, 0.3) is 10.6 Å². The Labute approximate surface area is 154 Å². The SMILES string of the molecule is COc1ccc(-c2nc(COC(=O)c3cccc[n+]3[O-])cs2)cc1OC. The van der Waals surface area contributed by atoms with Crippen LogP contribution in [0.1, 0.15) is 16.2 Å². The molecule has 0 spiro atoms. The van der Waals surface area contributed by atoms with Crippen molar-refractivity contribution in [2.24, 2.45) is 0 Å². The second-order valence-electron chi connectivity index (χ2n) is 5.20. The first-order valence-electron chi connectivity index (χ1n) is 7.64. The third-order valence-electron chi connectivity index (χ3n) is 3.57. The van der Waals surface area contributed by atoms with Gasteiger partial charge in [0.25, 0.3) is 0 Å². The molecule has 2 aromatic heterocycles. The number of aromatic nitrogens is 2. The summed E-state index contributed by atoms with van der Waals surface area (Å²) in [6, 6.07) is 10.1. The number of methoxy groups -OCH3 is 2. The van der Waals surface area contributed by atoms with E-state index in [-0.39, 0.29) is 12.3 Å². The number of pyridine rings is 1. The number of hydrogen-bond donors (Lipinski definition) is 0. The molecular weight excluding hydrogens is 356 g/mol. The molecule has 26 heavy (non-hydrogen) atoms. The van der Waals surface area contributed by atoms with Gasteiger partial charge in [-0.05, 0) is 24.3 Å². The first kappa shape index (κ1) is 17.7. The van der Waals surface area contributed by atoms with E-state index < -0.39 is 5.97 Å². The highest BCUT2D eigenvalue weighted by Gasteiger charge is 2.17. The van der Waals surface area contributed by atoms with Crippen LogP contribution < -0.4 is 14.2 Å². The average Bonchev–Trinajstić information content (AvgIpc) is 3.15. The second-order valence-corrected chi connectivity index (χ2v) is 6.06. The van der Waals surface area contributed by atoms with Gasteiger partial charge in [0.05, 0.1) is 19.9 Å². The third-order valence-corrected chi connectivity index (χ3v) is 4.51. The van der Waals surface area contributed by atoms with Gasteiger partial charge in [-0.2, -0.15) is 4.73 Å². The molecule has 3 rings (SSSR count). The van der Waals surface area contributed by atoms with E-state index in [0.717, 1.165) is 10.6 Å². The summed E-state index contributed by atoms with van der Waals surface area (Å²) in [5, 5.41) is 14.1. The van der Waals surface area contributed by atoms with Gasteiger partial charge in [-0.25, -0.2) is 9.78 Å². The number of benzene rings is 1. The van der Waals surface area contributed by atoms with Gasteiger partial charge in [0.15, 0.2) is 17.7 Å². The van der Waals surface area contributed by atoms with Gasteiger partial charge < -0.3 is 19.4 Å². The van der Waals surface area contributed by atoms with Gasteiger partial charge in [0, 0.05) is 23.1 Å². The van der Waals surface area contributed by atoms with Crippen molar-refractivity contribution in [3.05, 3.63) is 64.6 Å². The normalized spacial score (nSPS) is 10.4. The Morgan fingerprint density at radius 3 is 2.73 bits per heavy atom. The van der Waals surface area contributed by atoms with Gasteiger partial charge in [-0.1, -0.05) is 0 Å². The van der Waals surface area contributed by atoms with E-state index >= 15 is 0 Å². The molecule has 0 atom stereocenters. The van der Waals surface area contributed by atoms with E-state index in [4.69, 9.17) is 14.2 Å². The minimum atomic E-state index is -0.693. The fourth-order valence-corrected chi connectivity index (χ4v) is 3.08. The zero-order valence-electron chi connectivity index (χ0n) is 14.2. The minimum Gasteiger partial charge on any atom is -0.618 e. The molecule has 0 aliphatic rings. The van der Waals surface area contributed by atoms with Gasteiger partial charge >= 0.3 is 11.7 Å². The summed E-state index contributed by atoms with van der Waals surface area (Å²) in [6.07, 6.45) is 1.24. The predicted octanol–water partition coefficient (Wildman–Crippen LogP) is 2.82. The summed E-state index contributed by atoms with van der Waals surface area (Å²) in [5.41, 5.74) is 1.40. The van der Waals surface area contributed by atoms with E-state index in [1.54, 1.807) is 37.8 Å². The van der Waals surface area contributed by atoms with Gasteiger partial charge in [0.1, 0.15) is 11.6 Å². The topological polar surface area (TPSA) is 84.6 Å². The molecule has 0 N–H and O–H groups in total. The van der Waals surface area contributed by atoms with E-state index in [9.17, 15) is 10.0 Å². The minimum absolute atomic E-state index is 0.0164. The summed E-state index contributed by atoms with van der Waals surface area (Å²) in [5.74, 6) is 0.550. The van der Waals surface area contributed by atoms with E-state index in [1.807, 2.05) is 12.1 Å². The molecule has 134 valence electrons. The van der Waals surface area contributed by atoms with Crippen molar-refractivity contribution >= 4 is 17.3 Å². The summed E-state index contributed by atoms with van der Waals surface area (Å²) >= 11 is 1.42. The Balaban J connectivity index is 1.70. The molecule has 0 radical (unpaired) electrons. The van der Waals surface area contributed by atoms with Crippen LogP contribution in [-0.4, -0.2) is 25.2 Å². The van der Waals surface area contributed by atoms with Crippen molar-refractivity contribution in [3.63, 3.8) is 0 Å². The molecule has 8 heteroatoms. The fourth-order valence-electron chi connectivity index (χ4n) is 2.27. The van der Waals surface area contributed by atoms with Crippen LogP contribution in [0.4, 0.5) is 0 Å². The van der Waals surface area contributed by atoms with E-state index in [2.05, 4.69) is 4.98 Å². The monoisotopic (exact) mass is 372 g/mol.